The SMILES string of the molecule is O=[N+]([O-])c1cc(C(F)(F)F)ccc1O[C@H]1CCc2ccccc2[C@@H]1n1ccnc1. The third kappa shape index (κ3) is 3.67. The molecule has 4 rings (SSSR count). The molecular formula is C20H16F3N3O3. The van der Waals surface area contributed by atoms with E-state index < -0.39 is 28.5 Å². The quantitative estimate of drug-likeness (QED) is 0.464. The molecule has 0 amide bonds. The van der Waals surface area contributed by atoms with Gasteiger partial charge in [0.1, 0.15) is 6.10 Å². The van der Waals surface area contributed by atoms with Gasteiger partial charge in [0.2, 0.25) is 0 Å². The molecule has 0 saturated carbocycles. The smallest absolute Gasteiger partial charge is 0.416 e. The second-order valence-electron chi connectivity index (χ2n) is 6.79. The summed E-state index contributed by atoms with van der Waals surface area (Å²) >= 11 is 0. The Morgan fingerprint density at radius 2 is 2.00 bits per heavy atom. The Balaban J connectivity index is 1.73. The summed E-state index contributed by atoms with van der Waals surface area (Å²) in [7, 11) is 0. The van der Waals surface area contributed by atoms with E-state index in [9.17, 15) is 23.3 Å². The molecule has 150 valence electrons. The van der Waals surface area contributed by atoms with Crippen LogP contribution in [0.15, 0.2) is 61.2 Å². The van der Waals surface area contributed by atoms with Crippen LogP contribution in [0.4, 0.5) is 18.9 Å². The maximum absolute atomic E-state index is 13.0. The number of hydrogen-bond acceptors (Lipinski definition) is 4. The summed E-state index contributed by atoms with van der Waals surface area (Å²) in [5.74, 6) is -0.183. The Labute approximate surface area is 163 Å². The first-order chi connectivity index (χ1) is 13.8. The van der Waals surface area contributed by atoms with Crippen LogP contribution >= 0.6 is 0 Å². The molecule has 29 heavy (non-hydrogen) atoms. The molecule has 0 spiro atoms. The molecule has 6 nitrogen and oxygen atoms in total. The Hall–Kier alpha value is -3.36. The third-order valence-corrected chi connectivity index (χ3v) is 5.03. The van der Waals surface area contributed by atoms with Gasteiger partial charge in [0.25, 0.3) is 0 Å². The van der Waals surface area contributed by atoms with Crippen molar-refractivity contribution in [2.75, 3.05) is 0 Å². The molecule has 0 unspecified atom stereocenters. The number of alkyl halides is 3. The van der Waals surface area contributed by atoms with E-state index in [-0.39, 0.29) is 11.8 Å². The van der Waals surface area contributed by atoms with Gasteiger partial charge in [-0.05, 0) is 36.1 Å². The number of nitro benzene ring substituents is 1. The van der Waals surface area contributed by atoms with Gasteiger partial charge in [0.05, 0.1) is 22.9 Å². The van der Waals surface area contributed by atoms with E-state index >= 15 is 0 Å². The molecule has 1 heterocycles. The molecule has 0 saturated heterocycles. The number of benzene rings is 2. The van der Waals surface area contributed by atoms with Gasteiger partial charge < -0.3 is 9.30 Å². The lowest BCUT2D eigenvalue weighted by molar-refractivity contribution is -0.386. The summed E-state index contributed by atoms with van der Waals surface area (Å²) in [6, 6.07) is 9.82. The normalized spacial score (nSPS) is 18.9. The Bertz CT molecular complexity index is 1030. The second kappa shape index (κ2) is 7.23. The number of imidazole rings is 1. The maximum atomic E-state index is 13.0. The van der Waals surface area contributed by atoms with E-state index in [1.54, 1.807) is 18.7 Å². The Morgan fingerprint density at radius 3 is 2.69 bits per heavy atom. The topological polar surface area (TPSA) is 70.2 Å². The minimum Gasteiger partial charge on any atom is -0.481 e. The van der Waals surface area contributed by atoms with Crippen molar-refractivity contribution in [1.29, 1.82) is 0 Å². The van der Waals surface area contributed by atoms with E-state index in [1.165, 1.54) is 0 Å². The highest BCUT2D eigenvalue weighted by Crippen LogP contribution is 2.40. The summed E-state index contributed by atoms with van der Waals surface area (Å²) in [5, 5.41) is 11.4. The fourth-order valence-corrected chi connectivity index (χ4v) is 3.72. The minimum absolute atomic E-state index is 0.183. The summed E-state index contributed by atoms with van der Waals surface area (Å²) < 4.78 is 46.7. The highest BCUT2D eigenvalue weighted by molar-refractivity contribution is 5.50. The Kier molecular flexibility index (Phi) is 4.73. The van der Waals surface area contributed by atoms with Gasteiger partial charge in [-0.25, -0.2) is 4.98 Å². The fourth-order valence-electron chi connectivity index (χ4n) is 3.72. The summed E-state index contributed by atoms with van der Waals surface area (Å²) in [5.41, 5.74) is 0.337. The molecule has 9 heteroatoms. The van der Waals surface area contributed by atoms with Crippen LogP contribution in [0.3, 0.4) is 0 Å². The van der Waals surface area contributed by atoms with Gasteiger partial charge in [-0.3, -0.25) is 10.1 Å². The summed E-state index contributed by atoms with van der Waals surface area (Å²) in [4.78, 5) is 14.6. The van der Waals surface area contributed by atoms with Crippen molar-refractivity contribution in [3.8, 4) is 5.75 Å². The number of nitrogens with zero attached hydrogens (tertiary/aromatic N) is 3. The van der Waals surface area contributed by atoms with Gasteiger partial charge in [0, 0.05) is 18.5 Å². The fraction of sp³-hybridized carbons (Fsp3) is 0.250. The first-order valence-electron chi connectivity index (χ1n) is 8.92. The third-order valence-electron chi connectivity index (χ3n) is 5.03. The number of aryl methyl sites for hydroxylation is 1. The monoisotopic (exact) mass is 403 g/mol. The predicted octanol–water partition coefficient (Wildman–Crippen LogP) is 4.79. The first-order valence-corrected chi connectivity index (χ1v) is 8.92. The maximum Gasteiger partial charge on any atom is 0.416 e. The largest absolute Gasteiger partial charge is 0.481 e. The number of rotatable bonds is 4. The van der Waals surface area contributed by atoms with Crippen LogP contribution in [0.5, 0.6) is 5.75 Å². The molecule has 0 bridgehead atoms. The number of nitro groups is 1. The van der Waals surface area contributed by atoms with Crippen LogP contribution in [0.1, 0.15) is 29.2 Å². The predicted molar refractivity (Wildman–Crippen MR) is 97.6 cm³/mol. The lowest BCUT2D eigenvalue weighted by Crippen LogP contribution is -2.34. The zero-order valence-electron chi connectivity index (χ0n) is 15.0. The van der Waals surface area contributed by atoms with Crippen molar-refractivity contribution in [2.24, 2.45) is 0 Å². The van der Waals surface area contributed by atoms with E-state index in [0.29, 0.717) is 18.9 Å². The number of halogens is 3. The molecule has 0 N–H and O–H groups in total. The first kappa shape index (κ1) is 19.0. The molecule has 1 aliphatic carbocycles. The Morgan fingerprint density at radius 1 is 1.21 bits per heavy atom. The van der Waals surface area contributed by atoms with Gasteiger partial charge in [-0.2, -0.15) is 13.2 Å². The number of ether oxygens (including phenoxy) is 1. The van der Waals surface area contributed by atoms with Crippen LogP contribution in [-0.4, -0.2) is 20.6 Å². The highest BCUT2D eigenvalue weighted by Gasteiger charge is 2.36. The van der Waals surface area contributed by atoms with Crippen molar-refractivity contribution >= 4 is 5.69 Å². The van der Waals surface area contributed by atoms with Crippen LogP contribution in [0, 0.1) is 10.1 Å². The molecule has 2 aromatic carbocycles. The molecule has 0 fully saturated rings. The van der Waals surface area contributed by atoms with E-state index in [2.05, 4.69) is 4.98 Å². The zero-order chi connectivity index (χ0) is 20.6. The van der Waals surface area contributed by atoms with E-state index in [1.807, 2.05) is 28.8 Å². The van der Waals surface area contributed by atoms with Crippen LogP contribution < -0.4 is 4.74 Å². The highest BCUT2D eigenvalue weighted by atomic mass is 19.4. The lowest BCUT2D eigenvalue weighted by Gasteiger charge is -2.34. The molecule has 2 atom stereocenters. The summed E-state index contributed by atoms with van der Waals surface area (Å²) in [6.07, 6.45) is 1.09. The second-order valence-corrected chi connectivity index (χ2v) is 6.79. The van der Waals surface area contributed by atoms with Crippen molar-refractivity contribution in [3.63, 3.8) is 0 Å². The van der Waals surface area contributed by atoms with E-state index in [4.69, 9.17) is 4.74 Å². The zero-order valence-corrected chi connectivity index (χ0v) is 15.0. The van der Waals surface area contributed by atoms with Crippen LogP contribution in [0.2, 0.25) is 0 Å². The van der Waals surface area contributed by atoms with Crippen molar-refractivity contribution in [3.05, 3.63) is 88.0 Å². The standard InChI is InChI=1S/C20H16F3N3O3/c21-20(22,23)14-6-8-17(16(11-14)26(27)28)29-18-7-5-13-3-1-2-4-15(13)19(18)25-10-9-24-12-25/h1-4,6,8-12,18-19H,5,7H2/t18-,19-/m0/s1. The molecule has 3 aromatic rings. The van der Waals surface area contributed by atoms with Crippen molar-refractivity contribution in [1.82, 2.24) is 9.55 Å². The van der Waals surface area contributed by atoms with Crippen LogP contribution in [0.25, 0.3) is 0 Å². The minimum atomic E-state index is -4.67. The van der Waals surface area contributed by atoms with Crippen molar-refractivity contribution in [2.45, 2.75) is 31.2 Å². The molecule has 1 aromatic heterocycles. The van der Waals surface area contributed by atoms with Gasteiger partial charge in [-0.15, -0.1) is 0 Å². The van der Waals surface area contributed by atoms with E-state index in [0.717, 1.165) is 23.3 Å². The van der Waals surface area contributed by atoms with Gasteiger partial charge in [0.15, 0.2) is 5.75 Å². The van der Waals surface area contributed by atoms with Gasteiger partial charge >= 0.3 is 11.9 Å². The average molecular weight is 403 g/mol. The summed E-state index contributed by atoms with van der Waals surface area (Å²) in [6.45, 7) is 0. The lowest BCUT2D eigenvalue weighted by atomic mass is 9.85. The number of hydrogen-bond donors (Lipinski definition) is 0. The van der Waals surface area contributed by atoms with Crippen LogP contribution in [-0.2, 0) is 12.6 Å². The average Bonchev–Trinajstić information content (AvgIpc) is 3.21. The molecule has 0 aliphatic heterocycles. The molecule has 0 radical (unpaired) electrons. The van der Waals surface area contributed by atoms with Gasteiger partial charge in [-0.1, -0.05) is 24.3 Å². The number of aromatic nitrogens is 2. The number of fused-ring (bicyclic) bond motifs is 1. The van der Waals surface area contributed by atoms with Crippen molar-refractivity contribution < 1.29 is 22.8 Å². The molecular weight excluding hydrogens is 387 g/mol. The molecule has 1 aliphatic rings.